The van der Waals surface area contributed by atoms with Crippen molar-refractivity contribution in [3.05, 3.63) is 65.3 Å². The van der Waals surface area contributed by atoms with Crippen molar-refractivity contribution in [2.45, 2.75) is 25.7 Å². The van der Waals surface area contributed by atoms with Gasteiger partial charge in [0.15, 0.2) is 0 Å². The number of carbonyl (C=O) groups is 2. The van der Waals surface area contributed by atoms with E-state index in [-0.39, 0.29) is 17.7 Å². The van der Waals surface area contributed by atoms with E-state index in [9.17, 15) is 9.59 Å². The van der Waals surface area contributed by atoms with E-state index in [2.05, 4.69) is 10.3 Å². The molecule has 32 heavy (non-hydrogen) atoms. The third-order valence-corrected chi connectivity index (χ3v) is 6.09. The molecule has 0 aliphatic carbocycles. The molecule has 1 atom stereocenters. The Balaban J connectivity index is 1.34. The van der Waals surface area contributed by atoms with Gasteiger partial charge >= 0.3 is 0 Å². The van der Waals surface area contributed by atoms with Crippen LogP contribution in [0.5, 0.6) is 5.75 Å². The number of piperidine rings is 1. The molecular weight excluding hydrogens is 426 g/mol. The highest BCUT2D eigenvalue weighted by Crippen LogP contribution is 2.28. The number of para-hydroxylation sites is 1. The average molecular weight is 452 g/mol. The molecule has 1 N–H and O–H groups in total. The fourth-order valence-corrected chi connectivity index (χ4v) is 4.35. The number of methoxy groups -OCH3 is 1. The highest BCUT2D eigenvalue weighted by atomic mass is 35.5. The van der Waals surface area contributed by atoms with Crippen LogP contribution in [-0.4, -0.2) is 41.9 Å². The lowest BCUT2D eigenvalue weighted by atomic mass is 9.92. The lowest BCUT2D eigenvalue weighted by Crippen LogP contribution is -2.40. The zero-order chi connectivity index (χ0) is 22.5. The van der Waals surface area contributed by atoms with Gasteiger partial charge in [-0.25, -0.2) is 0 Å². The van der Waals surface area contributed by atoms with Crippen LogP contribution in [-0.2, 0) is 4.79 Å². The van der Waals surface area contributed by atoms with Crippen molar-refractivity contribution in [2.24, 2.45) is 5.92 Å². The number of amides is 2. The first kappa shape index (κ1) is 22.1. The number of nitrogens with zero attached hydrogens (tertiary/aromatic N) is 2. The minimum Gasteiger partial charge on any atom is -0.495 e. The maximum absolute atomic E-state index is 13.1. The summed E-state index contributed by atoms with van der Waals surface area (Å²) >= 11 is 6.04. The maximum atomic E-state index is 13.1. The number of pyridine rings is 1. The number of rotatable bonds is 6. The number of hydrogen-bond donors (Lipinski definition) is 1. The van der Waals surface area contributed by atoms with Gasteiger partial charge < -0.3 is 15.0 Å². The summed E-state index contributed by atoms with van der Waals surface area (Å²) in [6.07, 6.45) is 4.68. The highest BCUT2D eigenvalue weighted by molar-refractivity contribution is 6.31. The van der Waals surface area contributed by atoms with Crippen molar-refractivity contribution >= 4 is 40.0 Å². The van der Waals surface area contributed by atoms with Gasteiger partial charge in [-0.1, -0.05) is 29.8 Å². The highest BCUT2D eigenvalue weighted by Gasteiger charge is 2.25. The Morgan fingerprint density at radius 2 is 2.06 bits per heavy atom. The van der Waals surface area contributed by atoms with Crippen LogP contribution in [0.4, 0.5) is 5.69 Å². The van der Waals surface area contributed by atoms with Gasteiger partial charge in [-0.3, -0.25) is 14.6 Å². The van der Waals surface area contributed by atoms with E-state index >= 15 is 0 Å². The van der Waals surface area contributed by atoms with Crippen molar-refractivity contribution in [3.63, 3.8) is 0 Å². The molecule has 0 unspecified atom stereocenters. The molecule has 166 valence electrons. The van der Waals surface area contributed by atoms with Gasteiger partial charge in [-0.15, -0.1) is 0 Å². The Morgan fingerprint density at radius 3 is 2.91 bits per heavy atom. The van der Waals surface area contributed by atoms with Crippen LogP contribution in [0.3, 0.4) is 0 Å². The molecule has 1 fully saturated rings. The first-order valence-corrected chi connectivity index (χ1v) is 11.2. The number of aromatic nitrogens is 1. The molecule has 0 bridgehead atoms. The lowest BCUT2D eigenvalue weighted by molar-refractivity contribution is -0.116. The molecule has 6 nitrogen and oxygen atoms in total. The Hall–Kier alpha value is -3.12. The van der Waals surface area contributed by atoms with E-state index in [4.69, 9.17) is 16.3 Å². The molecule has 0 spiro atoms. The minimum atomic E-state index is -0.0901. The third-order valence-electron chi connectivity index (χ3n) is 5.86. The zero-order valence-corrected chi connectivity index (χ0v) is 18.8. The van der Waals surface area contributed by atoms with E-state index in [0.717, 1.165) is 30.3 Å². The van der Waals surface area contributed by atoms with Gasteiger partial charge in [0.05, 0.1) is 23.9 Å². The maximum Gasteiger partial charge on any atom is 0.255 e. The molecule has 7 heteroatoms. The van der Waals surface area contributed by atoms with Crippen LogP contribution in [0.15, 0.2) is 54.7 Å². The smallest absolute Gasteiger partial charge is 0.255 e. The lowest BCUT2D eigenvalue weighted by Gasteiger charge is -2.32. The van der Waals surface area contributed by atoms with Crippen LogP contribution >= 0.6 is 11.6 Å². The second kappa shape index (κ2) is 10.0. The fraction of sp³-hybridized carbons (Fsp3) is 0.320. The summed E-state index contributed by atoms with van der Waals surface area (Å²) in [4.78, 5) is 31.9. The van der Waals surface area contributed by atoms with Gasteiger partial charge in [0.25, 0.3) is 5.91 Å². The summed E-state index contributed by atoms with van der Waals surface area (Å²) in [5.41, 5.74) is 2.05. The Labute approximate surface area is 192 Å². The van der Waals surface area contributed by atoms with E-state index in [0.29, 0.717) is 41.4 Å². The minimum absolute atomic E-state index is 0.000989. The summed E-state index contributed by atoms with van der Waals surface area (Å²) in [5.74, 6) is 0.767. The predicted octanol–water partition coefficient (Wildman–Crippen LogP) is 5.17. The number of ether oxygens (including phenoxy) is 1. The second-order valence-electron chi connectivity index (χ2n) is 8.11. The van der Waals surface area contributed by atoms with Gasteiger partial charge in [0.1, 0.15) is 5.75 Å². The molecule has 1 aromatic heterocycles. The molecule has 1 aliphatic heterocycles. The molecular formula is C25H26ClN3O3. The monoisotopic (exact) mass is 451 g/mol. The van der Waals surface area contributed by atoms with Gasteiger partial charge in [-0.2, -0.15) is 0 Å². The fourth-order valence-electron chi connectivity index (χ4n) is 4.18. The molecule has 2 aromatic carbocycles. The average Bonchev–Trinajstić information content (AvgIpc) is 2.82. The topological polar surface area (TPSA) is 71.5 Å². The number of anilines is 1. The van der Waals surface area contributed by atoms with Crippen LogP contribution in [0, 0.1) is 5.92 Å². The van der Waals surface area contributed by atoms with Crippen LogP contribution in [0.2, 0.25) is 5.02 Å². The van der Waals surface area contributed by atoms with Crippen molar-refractivity contribution < 1.29 is 14.3 Å². The first-order chi connectivity index (χ1) is 15.5. The second-order valence-corrected chi connectivity index (χ2v) is 8.54. The Bertz CT molecular complexity index is 1130. The Morgan fingerprint density at radius 1 is 1.22 bits per heavy atom. The molecule has 0 radical (unpaired) electrons. The number of nitrogens with one attached hydrogen (secondary N) is 1. The third kappa shape index (κ3) is 5.19. The van der Waals surface area contributed by atoms with E-state index < -0.39 is 0 Å². The summed E-state index contributed by atoms with van der Waals surface area (Å²) in [7, 11) is 1.55. The van der Waals surface area contributed by atoms with E-state index in [1.807, 2.05) is 35.2 Å². The predicted molar refractivity (Wildman–Crippen MR) is 126 cm³/mol. The number of benzene rings is 2. The normalized spacial score (nSPS) is 16.1. The quantitative estimate of drug-likeness (QED) is 0.561. The molecule has 1 saturated heterocycles. The van der Waals surface area contributed by atoms with Crippen molar-refractivity contribution in [1.29, 1.82) is 0 Å². The van der Waals surface area contributed by atoms with Crippen molar-refractivity contribution in [3.8, 4) is 5.75 Å². The van der Waals surface area contributed by atoms with Crippen molar-refractivity contribution in [1.82, 2.24) is 9.88 Å². The molecule has 0 saturated carbocycles. The first-order valence-electron chi connectivity index (χ1n) is 10.8. The molecule has 1 aliphatic rings. The number of likely N-dealkylation sites (tertiary alicyclic amines) is 1. The number of hydrogen-bond acceptors (Lipinski definition) is 4. The molecule has 4 rings (SSSR count). The molecule has 3 aromatic rings. The summed E-state index contributed by atoms with van der Waals surface area (Å²) in [6, 6.07) is 14.8. The summed E-state index contributed by atoms with van der Waals surface area (Å²) < 4.78 is 5.28. The zero-order valence-electron chi connectivity index (χ0n) is 18.0. The van der Waals surface area contributed by atoms with Crippen LogP contribution in [0.1, 0.15) is 36.0 Å². The SMILES string of the molecule is COc1ccc(Cl)cc1NC(=O)CC[C@@H]1CCCN(C(=O)c2cnc3ccccc3c2)C1. The van der Waals surface area contributed by atoms with E-state index in [1.165, 1.54) is 0 Å². The standard InChI is InChI=1S/C25H26ClN3O3/c1-32-23-10-9-20(26)14-22(23)28-24(30)11-8-17-5-4-12-29(16-17)25(31)19-13-18-6-2-3-7-21(18)27-15-19/h2-3,6-7,9-10,13-15,17H,4-5,8,11-12,16H2,1H3,(H,28,30)/t17-/m0/s1. The van der Waals surface area contributed by atoms with E-state index in [1.54, 1.807) is 31.5 Å². The van der Waals surface area contributed by atoms with Gasteiger partial charge in [0.2, 0.25) is 5.91 Å². The van der Waals surface area contributed by atoms with Crippen LogP contribution in [0.25, 0.3) is 10.9 Å². The van der Waals surface area contributed by atoms with Crippen molar-refractivity contribution in [2.75, 3.05) is 25.5 Å². The number of fused-ring (bicyclic) bond motifs is 1. The number of halogens is 1. The Kier molecular flexibility index (Phi) is 6.90. The molecule has 2 amide bonds. The number of carbonyl (C=O) groups excluding carboxylic acids is 2. The van der Waals surface area contributed by atoms with Crippen LogP contribution < -0.4 is 10.1 Å². The largest absolute Gasteiger partial charge is 0.495 e. The summed E-state index contributed by atoms with van der Waals surface area (Å²) in [5, 5.41) is 4.37. The van der Waals surface area contributed by atoms with Gasteiger partial charge in [0, 0.05) is 36.1 Å². The molecule has 2 heterocycles. The summed E-state index contributed by atoms with van der Waals surface area (Å²) in [6.45, 7) is 1.38. The van der Waals surface area contributed by atoms with Gasteiger partial charge in [-0.05, 0) is 55.5 Å².